The fourth-order valence-electron chi connectivity index (χ4n) is 3.70. The van der Waals surface area contributed by atoms with Crippen LogP contribution in [0.4, 0.5) is 4.39 Å². The molecule has 1 atom stereocenters. The summed E-state index contributed by atoms with van der Waals surface area (Å²) in [5.74, 6) is -0.0144. The Morgan fingerprint density at radius 1 is 1.00 bits per heavy atom. The van der Waals surface area contributed by atoms with Gasteiger partial charge < -0.3 is 4.74 Å². The summed E-state index contributed by atoms with van der Waals surface area (Å²) in [6.07, 6.45) is 2.76. The van der Waals surface area contributed by atoms with E-state index in [9.17, 15) is 4.39 Å². The minimum atomic E-state index is -0.179. The van der Waals surface area contributed by atoms with Crippen LogP contribution in [0.25, 0.3) is 10.9 Å². The Kier molecular flexibility index (Phi) is 5.23. The first-order valence-corrected chi connectivity index (χ1v) is 9.20. The maximum absolute atomic E-state index is 13.9. The third-order valence-corrected chi connectivity index (χ3v) is 5.12. The molecule has 0 radical (unpaired) electrons. The molecule has 1 saturated heterocycles. The average molecular weight is 350 g/mol. The van der Waals surface area contributed by atoms with Crippen molar-refractivity contribution in [2.24, 2.45) is 0 Å². The fraction of sp³-hybridized carbons (Fsp3) is 0.318. The van der Waals surface area contributed by atoms with E-state index in [1.807, 2.05) is 18.3 Å². The second kappa shape index (κ2) is 7.94. The van der Waals surface area contributed by atoms with Gasteiger partial charge in [-0.3, -0.25) is 9.88 Å². The lowest BCUT2D eigenvalue weighted by Gasteiger charge is -2.28. The highest BCUT2D eigenvalue weighted by Crippen LogP contribution is 2.30. The zero-order chi connectivity index (χ0) is 17.8. The standard InChI is InChI=1S/C22H23FN2O/c23-20-5-1-3-17(16-20)21(8-10-25-11-13-26-14-12-25)18-6-7-22-19(15-18)4-2-9-24-22/h1-7,9,15-16,21H,8,10-14H2. The SMILES string of the molecule is Fc1cccc(C(CCN2CCOCC2)c2ccc3ncccc3c2)c1. The highest BCUT2D eigenvalue weighted by atomic mass is 19.1. The Balaban J connectivity index is 1.64. The molecule has 0 N–H and O–H groups in total. The molecule has 1 unspecified atom stereocenters. The van der Waals surface area contributed by atoms with E-state index in [-0.39, 0.29) is 11.7 Å². The number of benzene rings is 2. The van der Waals surface area contributed by atoms with E-state index in [1.165, 1.54) is 11.6 Å². The van der Waals surface area contributed by atoms with Crippen molar-refractivity contribution in [3.05, 3.63) is 77.7 Å². The molecule has 1 aliphatic heterocycles. The third-order valence-electron chi connectivity index (χ3n) is 5.12. The summed E-state index contributed by atoms with van der Waals surface area (Å²) in [5.41, 5.74) is 3.23. The number of pyridine rings is 1. The monoisotopic (exact) mass is 350 g/mol. The quantitative estimate of drug-likeness (QED) is 0.689. The summed E-state index contributed by atoms with van der Waals surface area (Å²) < 4.78 is 19.3. The number of ether oxygens (including phenoxy) is 1. The van der Waals surface area contributed by atoms with Gasteiger partial charge in [-0.25, -0.2) is 4.39 Å². The van der Waals surface area contributed by atoms with E-state index >= 15 is 0 Å². The Hall–Kier alpha value is -2.30. The van der Waals surface area contributed by atoms with Gasteiger partial charge in [0.05, 0.1) is 18.7 Å². The minimum Gasteiger partial charge on any atom is -0.379 e. The van der Waals surface area contributed by atoms with Gasteiger partial charge in [0, 0.05) is 30.6 Å². The van der Waals surface area contributed by atoms with Gasteiger partial charge in [0.15, 0.2) is 0 Å². The molecular weight excluding hydrogens is 327 g/mol. The van der Waals surface area contributed by atoms with Crippen LogP contribution in [-0.4, -0.2) is 42.7 Å². The number of morpholine rings is 1. The van der Waals surface area contributed by atoms with Gasteiger partial charge in [0.1, 0.15) is 5.82 Å². The summed E-state index contributed by atoms with van der Waals surface area (Å²) in [6, 6.07) is 17.4. The van der Waals surface area contributed by atoms with Crippen LogP contribution in [0.3, 0.4) is 0 Å². The lowest BCUT2D eigenvalue weighted by atomic mass is 9.87. The van der Waals surface area contributed by atoms with Crippen molar-refractivity contribution < 1.29 is 9.13 Å². The molecule has 3 nitrogen and oxygen atoms in total. The fourth-order valence-corrected chi connectivity index (χ4v) is 3.70. The van der Waals surface area contributed by atoms with Gasteiger partial charge in [-0.15, -0.1) is 0 Å². The number of fused-ring (bicyclic) bond motifs is 1. The van der Waals surface area contributed by atoms with Crippen LogP contribution >= 0.6 is 0 Å². The second-order valence-corrected chi connectivity index (χ2v) is 6.81. The first kappa shape index (κ1) is 17.1. The first-order chi connectivity index (χ1) is 12.8. The summed E-state index contributed by atoms with van der Waals surface area (Å²) in [5, 5.41) is 1.12. The zero-order valence-corrected chi connectivity index (χ0v) is 14.8. The van der Waals surface area contributed by atoms with Gasteiger partial charge in [-0.05, 0) is 54.4 Å². The maximum Gasteiger partial charge on any atom is 0.123 e. The molecule has 0 saturated carbocycles. The number of hydrogen-bond acceptors (Lipinski definition) is 3. The number of halogens is 1. The lowest BCUT2D eigenvalue weighted by Crippen LogP contribution is -2.37. The molecule has 3 aromatic rings. The maximum atomic E-state index is 13.9. The number of hydrogen-bond donors (Lipinski definition) is 0. The van der Waals surface area contributed by atoms with E-state index < -0.39 is 0 Å². The number of aromatic nitrogens is 1. The molecule has 2 heterocycles. The van der Waals surface area contributed by atoms with Crippen molar-refractivity contribution in [3.63, 3.8) is 0 Å². The van der Waals surface area contributed by atoms with Crippen LogP contribution in [-0.2, 0) is 4.74 Å². The smallest absolute Gasteiger partial charge is 0.123 e. The predicted octanol–water partition coefficient (Wildman–Crippen LogP) is 4.23. The number of nitrogens with zero attached hydrogens (tertiary/aromatic N) is 2. The Morgan fingerprint density at radius 2 is 1.85 bits per heavy atom. The Labute approximate surface area is 153 Å². The lowest BCUT2D eigenvalue weighted by molar-refractivity contribution is 0.0369. The summed E-state index contributed by atoms with van der Waals surface area (Å²) >= 11 is 0. The molecule has 1 aromatic heterocycles. The average Bonchev–Trinajstić information content (AvgIpc) is 2.69. The number of rotatable bonds is 5. The van der Waals surface area contributed by atoms with Crippen molar-refractivity contribution in [3.8, 4) is 0 Å². The van der Waals surface area contributed by atoms with Crippen LogP contribution in [0.15, 0.2) is 60.8 Å². The molecule has 0 bridgehead atoms. The minimum absolute atomic E-state index is 0.165. The van der Waals surface area contributed by atoms with Crippen molar-refractivity contribution in [1.29, 1.82) is 0 Å². The highest BCUT2D eigenvalue weighted by molar-refractivity contribution is 5.79. The van der Waals surface area contributed by atoms with Crippen molar-refractivity contribution in [1.82, 2.24) is 9.88 Å². The normalized spacial score (nSPS) is 16.7. The molecule has 0 aliphatic carbocycles. The van der Waals surface area contributed by atoms with Gasteiger partial charge in [0.25, 0.3) is 0 Å². The van der Waals surface area contributed by atoms with E-state index in [2.05, 4.69) is 34.1 Å². The van der Waals surface area contributed by atoms with Crippen LogP contribution in [0.1, 0.15) is 23.5 Å². The molecule has 134 valence electrons. The van der Waals surface area contributed by atoms with Gasteiger partial charge >= 0.3 is 0 Å². The Bertz CT molecular complexity index is 877. The van der Waals surface area contributed by atoms with Crippen molar-refractivity contribution in [2.45, 2.75) is 12.3 Å². The van der Waals surface area contributed by atoms with Crippen LogP contribution in [0.2, 0.25) is 0 Å². The van der Waals surface area contributed by atoms with E-state index in [1.54, 1.807) is 12.1 Å². The molecule has 0 amide bonds. The molecule has 4 rings (SSSR count). The predicted molar refractivity (Wildman–Crippen MR) is 102 cm³/mol. The summed E-state index contributed by atoms with van der Waals surface area (Å²) in [7, 11) is 0. The third kappa shape index (κ3) is 3.92. The van der Waals surface area contributed by atoms with Crippen molar-refractivity contribution in [2.75, 3.05) is 32.8 Å². The zero-order valence-electron chi connectivity index (χ0n) is 14.8. The van der Waals surface area contributed by atoms with Gasteiger partial charge in [-0.1, -0.05) is 24.3 Å². The molecular formula is C22H23FN2O. The van der Waals surface area contributed by atoms with E-state index in [4.69, 9.17) is 4.74 Å². The topological polar surface area (TPSA) is 25.4 Å². The molecule has 1 aliphatic rings. The van der Waals surface area contributed by atoms with E-state index in [0.29, 0.717) is 0 Å². The molecule has 0 spiro atoms. The molecule has 2 aromatic carbocycles. The molecule has 26 heavy (non-hydrogen) atoms. The summed E-state index contributed by atoms with van der Waals surface area (Å²) in [4.78, 5) is 6.83. The first-order valence-electron chi connectivity index (χ1n) is 9.20. The van der Waals surface area contributed by atoms with Crippen LogP contribution < -0.4 is 0 Å². The Morgan fingerprint density at radius 3 is 2.69 bits per heavy atom. The van der Waals surface area contributed by atoms with Crippen LogP contribution in [0.5, 0.6) is 0 Å². The van der Waals surface area contributed by atoms with E-state index in [0.717, 1.165) is 55.7 Å². The molecule has 1 fully saturated rings. The molecule has 4 heteroatoms. The van der Waals surface area contributed by atoms with Crippen LogP contribution in [0, 0.1) is 5.82 Å². The second-order valence-electron chi connectivity index (χ2n) is 6.81. The van der Waals surface area contributed by atoms with Gasteiger partial charge in [-0.2, -0.15) is 0 Å². The summed E-state index contributed by atoms with van der Waals surface area (Å²) in [6.45, 7) is 4.52. The van der Waals surface area contributed by atoms with Crippen molar-refractivity contribution >= 4 is 10.9 Å². The van der Waals surface area contributed by atoms with Gasteiger partial charge in [0.2, 0.25) is 0 Å². The largest absolute Gasteiger partial charge is 0.379 e. The highest BCUT2D eigenvalue weighted by Gasteiger charge is 2.18.